The van der Waals surface area contributed by atoms with Crippen molar-refractivity contribution in [2.45, 2.75) is 113 Å². The normalized spacial score (nSPS) is 29.5. The van der Waals surface area contributed by atoms with Crippen molar-refractivity contribution in [2.24, 2.45) is 46.3 Å². The lowest BCUT2D eigenvalue weighted by Gasteiger charge is -2.61. The van der Waals surface area contributed by atoms with Crippen molar-refractivity contribution in [3.05, 3.63) is 52.6 Å². The highest BCUT2D eigenvalue weighted by Gasteiger charge is 2.76. The molecule has 2 N–H and O–H groups in total. The van der Waals surface area contributed by atoms with Crippen molar-refractivity contribution >= 4 is 34.7 Å². The number of hydrogen-bond donors (Lipinski definition) is 2. The predicted molar refractivity (Wildman–Crippen MR) is 194 cm³/mol. The third-order valence-corrected chi connectivity index (χ3v) is 12.4. The molecule has 0 saturated heterocycles. The van der Waals surface area contributed by atoms with Crippen molar-refractivity contribution in [1.82, 2.24) is 0 Å². The van der Waals surface area contributed by atoms with Crippen LogP contribution in [0.5, 0.6) is 5.75 Å². The molecule has 2 aromatic rings. The SMILES string of the molecule is CCC(=O)C(CCc1ccc(CC)c(-c2ccc(O)c3c2C[C@]2(C)C[C@]4(C)C(C(C)C)C(=O)C(C(C)=O)C(=O)[C@]4(O)C(=O)C2C3=O)c1)CC(C)C. The summed E-state index contributed by atoms with van der Waals surface area (Å²) in [6.45, 7) is 16.3. The van der Waals surface area contributed by atoms with E-state index in [1.807, 2.05) is 13.8 Å². The summed E-state index contributed by atoms with van der Waals surface area (Å²) in [5.74, 6) is -8.44. The summed E-state index contributed by atoms with van der Waals surface area (Å²) in [4.78, 5) is 82.5. The molecule has 3 aliphatic rings. The molecule has 2 aromatic carbocycles. The van der Waals surface area contributed by atoms with Gasteiger partial charge in [-0.05, 0) is 96.6 Å². The zero-order valence-electron chi connectivity index (χ0n) is 31.6. The zero-order chi connectivity index (χ0) is 38.0. The molecule has 0 bridgehead atoms. The number of rotatable bonds is 11. The summed E-state index contributed by atoms with van der Waals surface area (Å²) in [5, 5.41) is 23.5. The third kappa shape index (κ3) is 5.95. The van der Waals surface area contributed by atoms with Gasteiger partial charge in [0.1, 0.15) is 23.2 Å². The van der Waals surface area contributed by atoms with Gasteiger partial charge in [-0.3, -0.25) is 28.8 Å². The number of aliphatic hydroxyl groups is 1. The van der Waals surface area contributed by atoms with E-state index in [1.54, 1.807) is 33.8 Å². The Bertz CT molecular complexity index is 1820. The van der Waals surface area contributed by atoms with Gasteiger partial charge in [0.05, 0.1) is 11.5 Å². The Morgan fingerprint density at radius 2 is 1.61 bits per heavy atom. The fraction of sp³-hybridized carbons (Fsp3) is 0.581. The number of carbonyl (C=O) groups is 6. The van der Waals surface area contributed by atoms with Gasteiger partial charge in [-0.25, -0.2) is 0 Å². The molecule has 0 radical (unpaired) electrons. The van der Waals surface area contributed by atoms with Crippen LogP contribution in [0.4, 0.5) is 0 Å². The van der Waals surface area contributed by atoms with E-state index in [-0.39, 0.29) is 35.9 Å². The molecule has 0 spiro atoms. The number of hydrogen-bond acceptors (Lipinski definition) is 8. The van der Waals surface area contributed by atoms with Crippen molar-refractivity contribution in [3.8, 4) is 16.9 Å². The zero-order valence-corrected chi connectivity index (χ0v) is 31.6. The monoisotopic (exact) mass is 698 g/mol. The van der Waals surface area contributed by atoms with Crippen molar-refractivity contribution in [1.29, 1.82) is 0 Å². The number of aryl methyl sites for hydroxylation is 2. The second-order valence-corrected chi connectivity index (χ2v) is 16.8. The number of benzene rings is 2. The first-order valence-electron chi connectivity index (χ1n) is 18.7. The minimum Gasteiger partial charge on any atom is -0.507 e. The number of phenols is 1. The first-order valence-corrected chi connectivity index (χ1v) is 18.7. The van der Waals surface area contributed by atoms with Crippen LogP contribution in [0.3, 0.4) is 0 Å². The average molecular weight is 699 g/mol. The van der Waals surface area contributed by atoms with Gasteiger partial charge < -0.3 is 10.2 Å². The van der Waals surface area contributed by atoms with Gasteiger partial charge in [0.25, 0.3) is 0 Å². The minimum atomic E-state index is -2.73. The molecule has 0 aromatic heterocycles. The lowest BCUT2D eigenvalue weighted by molar-refractivity contribution is -0.205. The van der Waals surface area contributed by atoms with Crippen LogP contribution in [0.25, 0.3) is 11.1 Å². The molecule has 8 heteroatoms. The third-order valence-electron chi connectivity index (χ3n) is 12.4. The number of aromatic hydroxyl groups is 1. The van der Waals surface area contributed by atoms with Gasteiger partial charge in [0.15, 0.2) is 28.7 Å². The van der Waals surface area contributed by atoms with Crippen molar-refractivity contribution in [3.63, 3.8) is 0 Å². The molecule has 0 heterocycles. The summed E-state index contributed by atoms with van der Waals surface area (Å²) in [6, 6.07) is 9.52. The highest BCUT2D eigenvalue weighted by atomic mass is 16.3. The summed E-state index contributed by atoms with van der Waals surface area (Å²) < 4.78 is 0. The van der Waals surface area contributed by atoms with Crippen LogP contribution in [0.2, 0.25) is 0 Å². The smallest absolute Gasteiger partial charge is 0.190 e. The quantitative estimate of drug-likeness (QED) is 0.242. The minimum absolute atomic E-state index is 0.00149. The highest BCUT2D eigenvalue weighted by molar-refractivity contribution is 6.32. The van der Waals surface area contributed by atoms with Gasteiger partial charge in [0, 0.05) is 23.7 Å². The van der Waals surface area contributed by atoms with Gasteiger partial charge in [-0.1, -0.05) is 79.7 Å². The maximum Gasteiger partial charge on any atom is 0.190 e. The molecule has 51 heavy (non-hydrogen) atoms. The molecular weight excluding hydrogens is 644 g/mol. The molecule has 3 aliphatic carbocycles. The van der Waals surface area contributed by atoms with Crippen LogP contribution in [0.15, 0.2) is 30.3 Å². The van der Waals surface area contributed by atoms with E-state index in [2.05, 4.69) is 32.0 Å². The van der Waals surface area contributed by atoms with E-state index in [9.17, 15) is 39.0 Å². The van der Waals surface area contributed by atoms with E-state index in [0.29, 0.717) is 30.7 Å². The molecule has 8 nitrogen and oxygen atoms in total. The second-order valence-electron chi connectivity index (χ2n) is 16.8. The Kier molecular flexibility index (Phi) is 10.3. The Morgan fingerprint density at radius 3 is 2.18 bits per heavy atom. The van der Waals surface area contributed by atoms with E-state index >= 15 is 0 Å². The van der Waals surface area contributed by atoms with Crippen LogP contribution < -0.4 is 0 Å². The molecule has 0 amide bonds. The highest BCUT2D eigenvalue weighted by Crippen LogP contribution is 2.64. The first kappa shape index (κ1) is 38.5. The molecule has 274 valence electrons. The number of fused-ring (bicyclic) bond motifs is 3. The number of ketones is 6. The molecular formula is C43H54O8. The summed E-state index contributed by atoms with van der Waals surface area (Å²) in [7, 11) is 0. The van der Waals surface area contributed by atoms with E-state index in [1.165, 1.54) is 6.07 Å². The summed E-state index contributed by atoms with van der Waals surface area (Å²) in [5.41, 5.74) is -1.09. The number of Topliss-reactive ketones (excluding diaryl/α,β-unsaturated/α-hetero) is 6. The largest absolute Gasteiger partial charge is 0.507 e. The lowest BCUT2D eigenvalue weighted by atomic mass is 9.40. The Labute approximate surface area is 301 Å². The van der Waals surface area contributed by atoms with Crippen LogP contribution in [-0.4, -0.2) is 50.5 Å². The average Bonchev–Trinajstić information content (AvgIpc) is 3.03. The maximum atomic E-state index is 14.7. The van der Waals surface area contributed by atoms with Crippen LogP contribution in [0.1, 0.15) is 115 Å². The van der Waals surface area contributed by atoms with Gasteiger partial charge in [0.2, 0.25) is 0 Å². The second kappa shape index (κ2) is 13.6. The first-order chi connectivity index (χ1) is 23.8. The predicted octanol–water partition coefficient (Wildman–Crippen LogP) is 6.90. The molecule has 5 rings (SSSR count). The fourth-order valence-electron chi connectivity index (χ4n) is 10.3. The van der Waals surface area contributed by atoms with E-state index in [4.69, 9.17) is 0 Å². The maximum absolute atomic E-state index is 14.7. The number of phenolic OH excluding ortho intramolecular Hbond substituents is 1. The van der Waals surface area contributed by atoms with Gasteiger partial charge >= 0.3 is 0 Å². The van der Waals surface area contributed by atoms with Crippen LogP contribution >= 0.6 is 0 Å². The lowest BCUT2D eigenvalue weighted by Crippen LogP contribution is -2.76. The Morgan fingerprint density at radius 1 is 0.941 bits per heavy atom. The Balaban J connectivity index is 1.64. The van der Waals surface area contributed by atoms with Crippen molar-refractivity contribution in [2.75, 3.05) is 0 Å². The molecule has 0 aliphatic heterocycles. The molecule has 2 saturated carbocycles. The summed E-state index contributed by atoms with van der Waals surface area (Å²) >= 11 is 0. The van der Waals surface area contributed by atoms with Crippen LogP contribution in [-0.2, 0) is 43.2 Å². The van der Waals surface area contributed by atoms with E-state index < -0.39 is 69.0 Å². The van der Waals surface area contributed by atoms with Gasteiger partial charge in [-0.2, -0.15) is 0 Å². The Hall–Kier alpha value is -3.78. The summed E-state index contributed by atoms with van der Waals surface area (Å²) in [6.07, 6.45) is 3.64. The topological polar surface area (TPSA) is 143 Å². The standard InChI is InChI=1S/C43H54O8/c1-10-26-14-12-25(13-15-27(18-22(3)4)31(45)11-2)19-29(26)28-16-17-32(46)34-30(28)20-41(8)21-42(9)35(23(5)6)37(47)33(24(7)44)39(49)43(42,51)40(50)36(41)38(34)48/h12,14,16-17,19,22-23,27,33,35-36,46,51H,10-11,13,15,18,20-21H2,1-9H3/t27?,33?,35?,36?,41-,42-,43+/m1/s1. The van der Waals surface area contributed by atoms with Crippen molar-refractivity contribution < 1.29 is 39.0 Å². The van der Waals surface area contributed by atoms with Gasteiger partial charge in [-0.15, -0.1) is 0 Å². The fourth-order valence-corrected chi connectivity index (χ4v) is 10.3. The molecule has 7 atom stereocenters. The van der Waals surface area contributed by atoms with Crippen LogP contribution in [0, 0.1) is 46.3 Å². The number of carbonyl (C=O) groups excluding carboxylic acids is 6. The molecule has 4 unspecified atom stereocenters. The molecule has 2 fully saturated rings. The van der Waals surface area contributed by atoms with E-state index in [0.717, 1.165) is 42.0 Å².